The number of hydrogen-bond acceptors (Lipinski definition) is 3. The van der Waals surface area contributed by atoms with Gasteiger partial charge in [-0.2, -0.15) is 0 Å². The normalized spacial score (nSPS) is 10.0. The van der Waals surface area contributed by atoms with Crippen molar-refractivity contribution in [1.29, 1.82) is 0 Å². The molecular weight excluding hydrogens is 199 g/mol. The molecule has 0 fully saturated rings. The summed E-state index contributed by atoms with van der Waals surface area (Å²) in [7, 11) is 1.51. The van der Waals surface area contributed by atoms with Gasteiger partial charge in [-0.25, -0.2) is 4.39 Å². The van der Waals surface area contributed by atoms with Crippen molar-refractivity contribution < 1.29 is 13.9 Å². The summed E-state index contributed by atoms with van der Waals surface area (Å²) in [5, 5.41) is 2.53. The second-order valence-electron chi connectivity index (χ2n) is 3.03. The first kappa shape index (κ1) is 11.5. The molecule has 0 bridgehead atoms. The molecule has 1 rings (SSSR count). The molecule has 5 heteroatoms. The summed E-state index contributed by atoms with van der Waals surface area (Å²) >= 11 is 0. The van der Waals surface area contributed by atoms with E-state index in [-0.39, 0.29) is 18.0 Å². The fraction of sp³-hybridized carbons (Fsp3) is 0.300. The maximum absolute atomic E-state index is 13.0. The molecule has 0 radical (unpaired) electrons. The number of amides is 1. The Morgan fingerprint density at radius 1 is 1.60 bits per heavy atom. The van der Waals surface area contributed by atoms with E-state index in [1.54, 1.807) is 6.07 Å². The van der Waals surface area contributed by atoms with Crippen molar-refractivity contribution in [2.24, 2.45) is 0 Å². The molecule has 0 aliphatic rings. The molecule has 82 valence electrons. The number of ether oxygens (including phenoxy) is 1. The molecule has 0 heterocycles. The van der Waals surface area contributed by atoms with Crippen molar-refractivity contribution in [1.82, 2.24) is 0 Å². The maximum Gasteiger partial charge on any atom is 0.226 e. The van der Waals surface area contributed by atoms with Crippen LogP contribution < -0.4 is 11.1 Å². The lowest BCUT2D eigenvalue weighted by atomic mass is 10.2. The number of nitrogens with two attached hydrogens (primary N) is 1. The van der Waals surface area contributed by atoms with Gasteiger partial charge in [0.15, 0.2) is 0 Å². The Hall–Kier alpha value is -1.62. The van der Waals surface area contributed by atoms with Gasteiger partial charge in [-0.15, -0.1) is 0 Å². The number of rotatable bonds is 4. The standard InChI is InChI=1S/C10H13FN2O2/c1-15-5-4-10(14)13-7-2-3-9(12)8(11)6-7/h2-3,6H,4-5,12H2,1H3,(H,13,14). The predicted molar refractivity (Wildman–Crippen MR) is 55.9 cm³/mol. The number of carbonyl (C=O) groups excluding carboxylic acids is 1. The molecule has 0 aliphatic heterocycles. The molecule has 0 saturated carbocycles. The second-order valence-corrected chi connectivity index (χ2v) is 3.03. The summed E-state index contributed by atoms with van der Waals surface area (Å²) in [5.41, 5.74) is 5.74. The zero-order chi connectivity index (χ0) is 11.3. The lowest BCUT2D eigenvalue weighted by Gasteiger charge is -2.05. The minimum absolute atomic E-state index is 0.0601. The van der Waals surface area contributed by atoms with E-state index in [1.165, 1.54) is 19.2 Å². The Labute approximate surface area is 87.2 Å². The third kappa shape index (κ3) is 3.55. The number of nitrogen functional groups attached to an aromatic ring is 1. The summed E-state index contributed by atoms with van der Waals surface area (Å²) in [4.78, 5) is 11.2. The summed E-state index contributed by atoms with van der Waals surface area (Å²) in [6.07, 6.45) is 0.239. The number of methoxy groups -OCH3 is 1. The SMILES string of the molecule is COCCC(=O)Nc1ccc(N)c(F)c1. The molecule has 0 saturated heterocycles. The van der Waals surface area contributed by atoms with E-state index in [9.17, 15) is 9.18 Å². The second kappa shape index (κ2) is 5.31. The van der Waals surface area contributed by atoms with Crippen LogP contribution in [0, 0.1) is 5.82 Å². The van der Waals surface area contributed by atoms with Gasteiger partial charge in [-0.1, -0.05) is 0 Å². The quantitative estimate of drug-likeness (QED) is 0.741. The van der Waals surface area contributed by atoms with E-state index in [2.05, 4.69) is 5.32 Å². The molecule has 1 aromatic carbocycles. The number of benzene rings is 1. The van der Waals surface area contributed by atoms with Crippen LogP contribution in [-0.4, -0.2) is 19.6 Å². The van der Waals surface area contributed by atoms with Gasteiger partial charge >= 0.3 is 0 Å². The third-order valence-electron chi connectivity index (χ3n) is 1.82. The zero-order valence-corrected chi connectivity index (χ0v) is 8.42. The molecule has 1 aromatic rings. The van der Waals surface area contributed by atoms with E-state index >= 15 is 0 Å². The minimum Gasteiger partial charge on any atom is -0.396 e. The molecule has 3 N–H and O–H groups in total. The van der Waals surface area contributed by atoms with Crippen molar-refractivity contribution in [3.63, 3.8) is 0 Å². The van der Waals surface area contributed by atoms with Crippen molar-refractivity contribution in [3.05, 3.63) is 24.0 Å². The molecule has 15 heavy (non-hydrogen) atoms. The van der Waals surface area contributed by atoms with Crippen molar-refractivity contribution in [3.8, 4) is 0 Å². The molecule has 0 spiro atoms. The highest BCUT2D eigenvalue weighted by Crippen LogP contribution is 2.15. The van der Waals surface area contributed by atoms with Crippen molar-refractivity contribution >= 4 is 17.3 Å². The van der Waals surface area contributed by atoms with E-state index < -0.39 is 5.82 Å². The largest absolute Gasteiger partial charge is 0.396 e. The van der Waals surface area contributed by atoms with Crippen LogP contribution in [0.15, 0.2) is 18.2 Å². The first-order valence-corrected chi connectivity index (χ1v) is 4.47. The zero-order valence-electron chi connectivity index (χ0n) is 8.42. The highest BCUT2D eigenvalue weighted by molar-refractivity contribution is 5.90. The lowest BCUT2D eigenvalue weighted by Crippen LogP contribution is -2.13. The van der Waals surface area contributed by atoms with Crippen molar-refractivity contribution in [2.75, 3.05) is 24.8 Å². The number of halogens is 1. The fourth-order valence-corrected chi connectivity index (χ4v) is 1.02. The first-order valence-electron chi connectivity index (χ1n) is 4.47. The molecule has 4 nitrogen and oxygen atoms in total. The van der Waals surface area contributed by atoms with Gasteiger partial charge in [0.1, 0.15) is 5.82 Å². The van der Waals surface area contributed by atoms with Crippen LogP contribution in [0.5, 0.6) is 0 Å². The molecule has 0 unspecified atom stereocenters. The summed E-state index contributed by atoms with van der Waals surface area (Å²) < 4.78 is 17.7. The average molecular weight is 212 g/mol. The van der Waals surface area contributed by atoms with Crippen LogP contribution in [-0.2, 0) is 9.53 Å². The minimum atomic E-state index is -0.542. The number of anilines is 2. The third-order valence-corrected chi connectivity index (χ3v) is 1.82. The van der Waals surface area contributed by atoms with E-state index in [0.29, 0.717) is 12.3 Å². The van der Waals surface area contributed by atoms with Crippen LogP contribution in [0.3, 0.4) is 0 Å². The Morgan fingerprint density at radius 2 is 2.33 bits per heavy atom. The lowest BCUT2D eigenvalue weighted by molar-refractivity contribution is -0.117. The van der Waals surface area contributed by atoms with Crippen LogP contribution in [0.2, 0.25) is 0 Å². The Kier molecular flexibility index (Phi) is 4.05. The van der Waals surface area contributed by atoms with Gasteiger partial charge in [0.05, 0.1) is 18.7 Å². The number of nitrogens with one attached hydrogen (secondary N) is 1. The molecule has 0 aromatic heterocycles. The Morgan fingerprint density at radius 3 is 2.93 bits per heavy atom. The maximum atomic E-state index is 13.0. The average Bonchev–Trinajstić information content (AvgIpc) is 2.20. The van der Waals surface area contributed by atoms with Crippen LogP contribution in [0.1, 0.15) is 6.42 Å². The smallest absolute Gasteiger partial charge is 0.226 e. The van der Waals surface area contributed by atoms with Crippen LogP contribution in [0.25, 0.3) is 0 Å². The monoisotopic (exact) mass is 212 g/mol. The van der Waals surface area contributed by atoms with E-state index in [4.69, 9.17) is 10.5 Å². The van der Waals surface area contributed by atoms with Crippen molar-refractivity contribution in [2.45, 2.75) is 6.42 Å². The van der Waals surface area contributed by atoms with Gasteiger partial charge in [0.25, 0.3) is 0 Å². The highest BCUT2D eigenvalue weighted by atomic mass is 19.1. The molecule has 0 atom stereocenters. The van der Waals surface area contributed by atoms with Gasteiger partial charge in [-0.3, -0.25) is 4.79 Å². The number of carbonyl (C=O) groups is 1. The summed E-state index contributed by atoms with van der Waals surface area (Å²) in [6.45, 7) is 0.337. The van der Waals surface area contributed by atoms with Gasteiger partial charge in [0.2, 0.25) is 5.91 Å². The van der Waals surface area contributed by atoms with E-state index in [1.807, 2.05) is 0 Å². The topological polar surface area (TPSA) is 64.3 Å². The highest BCUT2D eigenvalue weighted by Gasteiger charge is 2.04. The number of hydrogen-bond donors (Lipinski definition) is 2. The summed E-state index contributed by atoms with van der Waals surface area (Å²) in [6, 6.07) is 4.13. The Bertz CT molecular complexity index is 355. The van der Waals surface area contributed by atoms with Crippen LogP contribution >= 0.6 is 0 Å². The van der Waals surface area contributed by atoms with Gasteiger partial charge < -0.3 is 15.8 Å². The van der Waals surface area contributed by atoms with Gasteiger partial charge in [0, 0.05) is 12.8 Å². The van der Waals surface area contributed by atoms with Gasteiger partial charge in [-0.05, 0) is 18.2 Å². The fourth-order valence-electron chi connectivity index (χ4n) is 1.02. The molecule has 1 amide bonds. The Balaban J connectivity index is 2.57. The summed E-state index contributed by atoms with van der Waals surface area (Å²) in [5.74, 6) is -0.763. The molecule has 0 aliphatic carbocycles. The first-order chi connectivity index (χ1) is 7.13. The van der Waals surface area contributed by atoms with E-state index in [0.717, 1.165) is 0 Å². The molecular formula is C10H13FN2O2. The van der Waals surface area contributed by atoms with Crippen LogP contribution in [0.4, 0.5) is 15.8 Å². The predicted octanol–water partition coefficient (Wildman–Crippen LogP) is 1.38.